The van der Waals surface area contributed by atoms with Crippen molar-refractivity contribution in [1.82, 2.24) is 4.98 Å². The van der Waals surface area contributed by atoms with E-state index in [9.17, 15) is 18.4 Å². The number of rotatable bonds is 5. The first-order valence-electron chi connectivity index (χ1n) is 8.24. The monoisotopic (exact) mass is 370 g/mol. The minimum atomic E-state index is -3.83. The Hall–Kier alpha value is -3.35. The molecule has 0 bridgehead atoms. The summed E-state index contributed by atoms with van der Waals surface area (Å²) in [5, 5.41) is 2.73. The van der Waals surface area contributed by atoms with E-state index in [4.69, 9.17) is 0 Å². The van der Waals surface area contributed by atoms with Crippen molar-refractivity contribution < 1.29 is 23.1 Å². The number of anilines is 1. The average Bonchev–Trinajstić information content (AvgIpc) is 2.69. The van der Waals surface area contributed by atoms with Gasteiger partial charge in [-0.05, 0) is 37.3 Å². The summed E-state index contributed by atoms with van der Waals surface area (Å²) in [6.07, 6.45) is 1.42. The number of hydrogen-bond donors (Lipinski definition) is 1. The molecular formula is C20H16F2N2O3. The molecule has 1 N–H and O–H groups in total. The molecule has 0 saturated carbocycles. The van der Waals surface area contributed by atoms with Crippen molar-refractivity contribution in [2.45, 2.75) is 12.8 Å². The molecule has 1 amide bonds. The van der Waals surface area contributed by atoms with Crippen molar-refractivity contribution in [2.75, 3.05) is 11.9 Å². The third-order valence-electron chi connectivity index (χ3n) is 3.92. The third kappa shape index (κ3) is 3.62. The molecule has 2 aromatic carbocycles. The molecule has 3 rings (SSSR count). The minimum Gasteiger partial charge on any atom is -0.461 e. The number of fused-ring (bicyclic) bond motifs is 1. The number of aromatic nitrogens is 1. The van der Waals surface area contributed by atoms with Crippen LogP contribution in [0.15, 0.2) is 60.8 Å². The van der Waals surface area contributed by atoms with E-state index < -0.39 is 23.4 Å². The number of pyridine rings is 1. The van der Waals surface area contributed by atoms with Gasteiger partial charge >= 0.3 is 11.9 Å². The molecule has 0 saturated heterocycles. The maximum atomic E-state index is 14.5. The number of hydrogen-bond acceptors (Lipinski definition) is 4. The zero-order valence-corrected chi connectivity index (χ0v) is 14.4. The minimum absolute atomic E-state index is 0.0569. The molecule has 5 nitrogen and oxygen atoms in total. The van der Waals surface area contributed by atoms with Crippen molar-refractivity contribution in [3.8, 4) is 0 Å². The Balaban J connectivity index is 2.03. The second-order valence-corrected chi connectivity index (χ2v) is 5.68. The molecule has 0 aliphatic heterocycles. The number of ether oxygens (including phenoxy) is 1. The van der Waals surface area contributed by atoms with E-state index in [-0.39, 0.29) is 23.2 Å². The van der Waals surface area contributed by atoms with Crippen LogP contribution in [0, 0.1) is 0 Å². The van der Waals surface area contributed by atoms with Crippen LogP contribution in [0.2, 0.25) is 0 Å². The summed E-state index contributed by atoms with van der Waals surface area (Å²) in [7, 11) is 0. The van der Waals surface area contributed by atoms with Crippen molar-refractivity contribution >= 4 is 28.5 Å². The molecule has 0 unspecified atom stereocenters. The lowest BCUT2D eigenvalue weighted by molar-refractivity contribution is -0.172. The molecule has 138 valence electrons. The lowest BCUT2D eigenvalue weighted by Gasteiger charge is -2.18. The largest absolute Gasteiger partial charge is 0.461 e. The van der Waals surface area contributed by atoms with E-state index in [0.29, 0.717) is 5.56 Å². The second-order valence-electron chi connectivity index (χ2n) is 5.68. The van der Waals surface area contributed by atoms with Crippen molar-refractivity contribution in [3.05, 3.63) is 71.9 Å². The topological polar surface area (TPSA) is 68.3 Å². The zero-order chi connectivity index (χ0) is 19.4. The highest BCUT2D eigenvalue weighted by atomic mass is 19.3. The maximum Gasteiger partial charge on any atom is 0.382 e. The number of carbonyl (C=O) groups excluding carboxylic acids is 2. The molecule has 27 heavy (non-hydrogen) atoms. The fourth-order valence-electron chi connectivity index (χ4n) is 2.66. The van der Waals surface area contributed by atoms with E-state index in [1.165, 1.54) is 31.3 Å². The number of halogens is 2. The van der Waals surface area contributed by atoms with Gasteiger partial charge in [0, 0.05) is 22.7 Å². The van der Waals surface area contributed by atoms with Crippen molar-refractivity contribution in [3.63, 3.8) is 0 Å². The highest BCUT2D eigenvalue weighted by Gasteiger charge is 2.44. The molecule has 0 aliphatic rings. The number of benzene rings is 2. The Bertz CT molecular complexity index is 991. The smallest absolute Gasteiger partial charge is 0.382 e. The molecule has 0 radical (unpaired) electrons. The first-order chi connectivity index (χ1) is 12.9. The third-order valence-corrected chi connectivity index (χ3v) is 3.92. The Morgan fingerprint density at radius 1 is 1.07 bits per heavy atom. The van der Waals surface area contributed by atoms with E-state index in [0.717, 1.165) is 6.07 Å². The van der Waals surface area contributed by atoms with Gasteiger partial charge in [0.1, 0.15) is 0 Å². The van der Waals surface area contributed by atoms with Crippen LogP contribution in [0.4, 0.5) is 14.5 Å². The summed E-state index contributed by atoms with van der Waals surface area (Å²) in [6, 6.07) is 13.8. The normalized spacial score (nSPS) is 11.2. The zero-order valence-electron chi connectivity index (χ0n) is 14.4. The Kier molecular flexibility index (Phi) is 5.12. The average molecular weight is 370 g/mol. The summed E-state index contributed by atoms with van der Waals surface area (Å²) in [6.45, 7) is 1.30. The van der Waals surface area contributed by atoms with Crippen LogP contribution in [0.25, 0.3) is 10.9 Å². The lowest BCUT2D eigenvalue weighted by atomic mass is 10.0. The number of nitrogens with zero attached hydrogens (tertiary/aromatic N) is 1. The number of nitrogens with one attached hydrogen (secondary N) is 1. The molecular weight excluding hydrogens is 354 g/mol. The fourth-order valence-corrected chi connectivity index (χ4v) is 2.66. The number of carbonyl (C=O) groups is 2. The maximum absolute atomic E-state index is 14.5. The van der Waals surface area contributed by atoms with Crippen LogP contribution in [-0.4, -0.2) is 23.5 Å². The SMILES string of the molecule is CCOC(=O)C(F)(F)c1ccc(NC(=O)c2ccccc2)c2ncccc12. The predicted octanol–water partition coefficient (Wildman–Crippen LogP) is 4.14. The van der Waals surface area contributed by atoms with Crippen LogP contribution in [0.1, 0.15) is 22.8 Å². The first kappa shape index (κ1) is 18.4. The molecule has 3 aromatic rings. The molecule has 0 aliphatic carbocycles. The summed E-state index contributed by atoms with van der Waals surface area (Å²) < 4.78 is 33.6. The molecule has 0 spiro atoms. The first-order valence-corrected chi connectivity index (χ1v) is 8.24. The van der Waals surface area contributed by atoms with Crippen LogP contribution in [-0.2, 0) is 15.5 Å². The van der Waals surface area contributed by atoms with Gasteiger partial charge in [0.15, 0.2) is 0 Å². The van der Waals surface area contributed by atoms with Crippen LogP contribution in [0.5, 0.6) is 0 Å². The molecule has 1 aromatic heterocycles. The van der Waals surface area contributed by atoms with E-state index >= 15 is 0 Å². The van der Waals surface area contributed by atoms with Crippen molar-refractivity contribution in [2.24, 2.45) is 0 Å². The quantitative estimate of drug-likeness (QED) is 0.686. The standard InChI is InChI=1S/C20H16F2N2O3/c1-2-27-19(26)20(21,22)15-10-11-16(17-14(15)9-6-12-23-17)24-18(25)13-7-4-3-5-8-13/h3-12H,2H2,1H3,(H,24,25). The Morgan fingerprint density at radius 2 is 1.81 bits per heavy atom. The second kappa shape index (κ2) is 7.49. The van der Waals surface area contributed by atoms with Crippen LogP contribution < -0.4 is 5.32 Å². The van der Waals surface area contributed by atoms with Gasteiger partial charge in [-0.1, -0.05) is 24.3 Å². The van der Waals surface area contributed by atoms with E-state index in [2.05, 4.69) is 15.0 Å². The van der Waals surface area contributed by atoms with Gasteiger partial charge in [0.2, 0.25) is 0 Å². The van der Waals surface area contributed by atoms with Gasteiger partial charge in [0.25, 0.3) is 5.91 Å². The highest BCUT2D eigenvalue weighted by Crippen LogP contribution is 2.36. The van der Waals surface area contributed by atoms with Gasteiger partial charge in [-0.25, -0.2) is 4.79 Å². The number of amides is 1. The summed E-state index contributed by atoms with van der Waals surface area (Å²) in [4.78, 5) is 28.2. The van der Waals surface area contributed by atoms with Crippen molar-refractivity contribution in [1.29, 1.82) is 0 Å². The molecule has 0 atom stereocenters. The van der Waals surface area contributed by atoms with E-state index in [1.807, 2.05) is 0 Å². The summed E-state index contributed by atoms with van der Waals surface area (Å²) in [5.74, 6) is -5.86. The number of esters is 1. The van der Waals surface area contributed by atoms with Gasteiger partial charge in [0.05, 0.1) is 17.8 Å². The Morgan fingerprint density at radius 3 is 2.52 bits per heavy atom. The lowest BCUT2D eigenvalue weighted by Crippen LogP contribution is -2.28. The van der Waals surface area contributed by atoms with Gasteiger partial charge in [-0.15, -0.1) is 0 Å². The predicted molar refractivity (Wildman–Crippen MR) is 96.7 cm³/mol. The van der Waals surface area contributed by atoms with Gasteiger partial charge < -0.3 is 10.1 Å². The van der Waals surface area contributed by atoms with Gasteiger partial charge in [-0.3, -0.25) is 9.78 Å². The molecule has 7 heteroatoms. The highest BCUT2D eigenvalue weighted by molar-refractivity contribution is 6.09. The molecule has 1 heterocycles. The number of alkyl halides is 2. The van der Waals surface area contributed by atoms with E-state index in [1.54, 1.807) is 30.3 Å². The molecule has 0 fully saturated rings. The summed E-state index contributed by atoms with van der Waals surface area (Å²) in [5.41, 5.74) is 0.315. The fraction of sp³-hybridized carbons (Fsp3) is 0.150. The van der Waals surface area contributed by atoms with Crippen LogP contribution in [0.3, 0.4) is 0 Å². The summed E-state index contributed by atoms with van der Waals surface area (Å²) >= 11 is 0. The van der Waals surface area contributed by atoms with Crippen LogP contribution >= 0.6 is 0 Å². The Labute approximate surface area is 154 Å². The van der Waals surface area contributed by atoms with Gasteiger partial charge in [-0.2, -0.15) is 8.78 Å².